The molecule has 0 spiro atoms. The molecule has 0 amide bonds. The predicted molar refractivity (Wildman–Crippen MR) is 84.8 cm³/mol. The zero-order chi connectivity index (χ0) is 14.3. The molecule has 20 heavy (non-hydrogen) atoms. The van der Waals surface area contributed by atoms with E-state index in [2.05, 4.69) is 29.7 Å². The second-order valence-electron chi connectivity index (χ2n) is 5.18. The van der Waals surface area contributed by atoms with Crippen LogP contribution in [0.4, 0.5) is 0 Å². The number of benzene rings is 1. The molecule has 0 saturated heterocycles. The number of carbonyl (C=O) groups excluding carboxylic acids is 1. The Hall–Kier alpha value is -1.87. The van der Waals surface area contributed by atoms with Crippen molar-refractivity contribution in [1.82, 2.24) is 4.57 Å². The van der Waals surface area contributed by atoms with Crippen LogP contribution in [0.3, 0.4) is 0 Å². The number of hydrogen-bond acceptors (Lipinski definition) is 2. The SMILES string of the molecule is Cc1cc(C(=O)Cn2c(C)cc3ccccc32)c(C)s1. The highest BCUT2D eigenvalue weighted by atomic mass is 32.1. The number of nitrogens with zero attached hydrogens (tertiary/aromatic N) is 1. The standard InChI is InChI=1S/C17H17NOS/c1-11-8-14-6-4-5-7-16(14)18(11)10-17(19)15-9-12(2)20-13(15)3/h4-9H,10H2,1-3H3. The first kappa shape index (κ1) is 13.1. The van der Waals surface area contributed by atoms with Gasteiger partial charge >= 0.3 is 0 Å². The van der Waals surface area contributed by atoms with Gasteiger partial charge in [0.25, 0.3) is 0 Å². The minimum atomic E-state index is 0.191. The van der Waals surface area contributed by atoms with Crippen LogP contribution in [-0.2, 0) is 6.54 Å². The average molecular weight is 283 g/mol. The molecule has 2 heterocycles. The molecule has 3 heteroatoms. The van der Waals surface area contributed by atoms with Crippen LogP contribution in [0, 0.1) is 20.8 Å². The lowest BCUT2D eigenvalue weighted by molar-refractivity contribution is 0.0973. The number of aryl methyl sites for hydroxylation is 3. The first-order valence-corrected chi connectivity index (χ1v) is 7.53. The van der Waals surface area contributed by atoms with Gasteiger partial charge in [0.1, 0.15) is 0 Å². The summed E-state index contributed by atoms with van der Waals surface area (Å²) >= 11 is 1.69. The molecule has 0 N–H and O–H groups in total. The number of para-hydroxylation sites is 1. The maximum atomic E-state index is 12.5. The van der Waals surface area contributed by atoms with Crippen molar-refractivity contribution in [2.24, 2.45) is 0 Å². The van der Waals surface area contributed by atoms with E-state index in [0.29, 0.717) is 6.54 Å². The van der Waals surface area contributed by atoms with Crippen LogP contribution in [-0.4, -0.2) is 10.4 Å². The molecular weight excluding hydrogens is 266 g/mol. The minimum Gasteiger partial charge on any atom is -0.337 e. The summed E-state index contributed by atoms with van der Waals surface area (Å²) in [6.07, 6.45) is 0. The average Bonchev–Trinajstić information content (AvgIpc) is 2.90. The number of rotatable bonds is 3. The summed E-state index contributed by atoms with van der Waals surface area (Å²) in [5.74, 6) is 0.191. The Morgan fingerprint density at radius 1 is 1.15 bits per heavy atom. The Morgan fingerprint density at radius 3 is 2.60 bits per heavy atom. The number of carbonyl (C=O) groups is 1. The van der Waals surface area contributed by atoms with Crippen LogP contribution in [0.2, 0.25) is 0 Å². The van der Waals surface area contributed by atoms with Crippen molar-refractivity contribution in [3.05, 3.63) is 57.4 Å². The normalized spacial score (nSPS) is 11.2. The third-order valence-electron chi connectivity index (χ3n) is 3.66. The molecule has 0 bridgehead atoms. The van der Waals surface area contributed by atoms with Gasteiger partial charge in [-0.15, -0.1) is 11.3 Å². The topological polar surface area (TPSA) is 22.0 Å². The number of fused-ring (bicyclic) bond motifs is 1. The van der Waals surface area contributed by atoms with Crippen LogP contribution in [0.1, 0.15) is 25.8 Å². The maximum Gasteiger partial charge on any atom is 0.183 e. The molecule has 3 rings (SSSR count). The number of Topliss-reactive ketones (excluding diaryl/α,β-unsaturated/α-hetero) is 1. The van der Waals surface area contributed by atoms with E-state index in [-0.39, 0.29) is 5.78 Å². The van der Waals surface area contributed by atoms with E-state index < -0.39 is 0 Å². The molecule has 2 aromatic heterocycles. The van der Waals surface area contributed by atoms with Gasteiger partial charge in [-0.05, 0) is 44.4 Å². The van der Waals surface area contributed by atoms with Crippen molar-refractivity contribution >= 4 is 28.0 Å². The summed E-state index contributed by atoms with van der Waals surface area (Å²) in [7, 11) is 0. The molecule has 0 saturated carbocycles. The molecule has 0 atom stereocenters. The quantitative estimate of drug-likeness (QED) is 0.648. The molecule has 0 aliphatic carbocycles. The molecule has 0 fully saturated rings. The van der Waals surface area contributed by atoms with E-state index in [1.807, 2.05) is 32.0 Å². The summed E-state index contributed by atoms with van der Waals surface area (Å²) in [5, 5.41) is 1.19. The highest BCUT2D eigenvalue weighted by Gasteiger charge is 2.14. The van der Waals surface area contributed by atoms with E-state index >= 15 is 0 Å². The fourth-order valence-electron chi connectivity index (χ4n) is 2.69. The van der Waals surface area contributed by atoms with Crippen molar-refractivity contribution in [2.45, 2.75) is 27.3 Å². The molecule has 102 valence electrons. The Labute approximate surface area is 122 Å². The third kappa shape index (κ3) is 2.18. The fourth-order valence-corrected chi connectivity index (χ4v) is 3.64. The number of ketones is 1. The Balaban J connectivity index is 1.99. The molecule has 3 aromatic rings. The van der Waals surface area contributed by atoms with Crippen molar-refractivity contribution in [2.75, 3.05) is 0 Å². The first-order valence-electron chi connectivity index (χ1n) is 6.71. The summed E-state index contributed by atoms with van der Waals surface area (Å²) in [4.78, 5) is 14.8. The molecule has 0 aliphatic heterocycles. The highest BCUT2D eigenvalue weighted by Crippen LogP contribution is 2.24. The van der Waals surface area contributed by atoms with E-state index in [1.54, 1.807) is 11.3 Å². The zero-order valence-corrected chi connectivity index (χ0v) is 12.8. The summed E-state index contributed by atoms with van der Waals surface area (Å²) in [5.41, 5.74) is 3.12. The van der Waals surface area contributed by atoms with E-state index in [4.69, 9.17) is 0 Å². The Kier molecular flexibility index (Phi) is 3.22. The lowest BCUT2D eigenvalue weighted by Gasteiger charge is -2.07. The second-order valence-corrected chi connectivity index (χ2v) is 6.64. The monoisotopic (exact) mass is 283 g/mol. The molecule has 0 unspecified atom stereocenters. The number of hydrogen-bond donors (Lipinski definition) is 0. The van der Waals surface area contributed by atoms with E-state index in [1.165, 1.54) is 10.3 Å². The lowest BCUT2D eigenvalue weighted by atomic mass is 10.1. The van der Waals surface area contributed by atoms with Gasteiger partial charge in [0.2, 0.25) is 0 Å². The maximum absolute atomic E-state index is 12.5. The van der Waals surface area contributed by atoms with Crippen LogP contribution >= 0.6 is 11.3 Å². The smallest absolute Gasteiger partial charge is 0.183 e. The van der Waals surface area contributed by atoms with Gasteiger partial charge in [-0.3, -0.25) is 4.79 Å². The largest absolute Gasteiger partial charge is 0.337 e. The second kappa shape index (κ2) is 4.91. The number of aromatic nitrogens is 1. The van der Waals surface area contributed by atoms with E-state index in [0.717, 1.165) is 21.7 Å². The summed E-state index contributed by atoms with van der Waals surface area (Å²) in [6.45, 7) is 6.53. The fraction of sp³-hybridized carbons (Fsp3) is 0.235. The van der Waals surface area contributed by atoms with Crippen LogP contribution in [0.5, 0.6) is 0 Å². The van der Waals surface area contributed by atoms with Gasteiger partial charge in [-0.2, -0.15) is 0 Å². The van der Waals surface area contributed by atoms with Crippen LogP contribution in [0.25, 0.3) is 10.9 Å². The van der Waals surface area contributed by atoms with Gasteiger partial charge in [0.15, 0.2) is 5.78 Å². The van der Waals surface area contributed by atoms with Gasteiger partial charge < -0.3 is 4.57 Å². The lowest BCUT2D eigenvalue weighted by Crippen LogP contribution is -2.11. The highest BCUT2D eigenvalue weighted by molar-refractivity contribution is 7.12. The van der Waals surface area contributed by atoms with Crippen molar-refractivity contribution in [3.8, 4) is 0 Å². The van der Waals surface area contributed by atoms with Gasteiger partial charge in [-0.1, -0.05) is 18.2 Å². The van der Waals surface area contributed by atoms with Crippen LogP contribution < -0.4 is 0 Å². The van der Waals surface area contributed by atoms with Crippen LogP contribution in [0.15, 0.2) is 36.4 Å². The molecule has 1 aromatic carbocycles. The number of thiophene rings is 1. The van der Waals surface area contributed by atoms with Gasteiger partial charge in [-0.25, -0.2) is 0 Å². The Morgan fingerprint density at radius 2 is 1.90 bits per heavy atom. The Bertz CT molecular complexity index is 795. The summed E-state index contributed by atoms with van der Waals surface area (Å²) < 4.78 is 2.10. The van der Waals surface area contributed by atoms with Gasteiger partial charge in [0, 0.05) is 26.5 Å². The zero-order valence-electron chi connectivity index (χ0n) is 11.9. The first-order chi connectivity index (χ1) is 9.56. The molecular formula is C17H17NOS. The predicted octanol–water partition coefficient (Wildman–Crippen LogP) is 4.51. The molecule has 0 radical (unpaired) electrons. The van der Waals surface area contributed by atoms with Gasteiger partial charge in [0.05, 0.1) is 6.54 Å². The molecule has 0 aliphatic rings. The van der Waals surface area contributed by atoms with Crippen molar-refractivity contribution in [1.29, 1.82) is 0 Å². The summed E-state index contributed by atoms with van der Waals surface area (Å²) in [6, 6.07) is 12.3. The molecule has 2 nitrogen and oxygen atoms in total. The van der Waals surface area contributed by atoms with Crippen molar-refractivity contribution < 1.29 is 4.79 Å². The van der Waals surface area contributed by atoms with E-state index in [9.17, 15) is 4.79 Å². The third-order valence-corrected chi connectivity index (χ3v) is 4.63. The minimum absolute atomic E-state index is 0.191. The van der Waals surface area contributed by atoms with Crippen molar-refractivity contribution in [3.63, 3.8) is 0 Å².